The predicted octanol–water partition coefficient (Wildman–Crippen LogP) is 5.06. The van der Waals surface area contributed by atoms with Gasteiger partial charge in [0, 0.05) is 5.56 Å². The second-order valence-corrected chi connectivity index (χ2v) is 4.90. The van der Waals surface area contributed by atoms with E-state index in [2.05, 4.69) is 31.9 Å². The Kier molecular flexibility index (Phi) is 4.51. The molecule has 1 atom stereocenters. The molecule has 0 aliphatic heterocycles. The van der Waals surface area contributed by atoms with Gasteiger partial charge in [0.1, 0.15) is 16.5 Å². The smallest absolute Gasteiger partial charge is 0.207 e. The number of alkyl halides is 5. The molecule has 0 N–H and O–H groups in total. The van der Waals surface area contributed by atoms with Crippen LogP contribution in [0.15, 0.2) is 16.6 Å². The van der Waals surface area contributed by atoms with E-state index in [4.69, 9.17) is 0 Å². The van der Waals surface area contributed by atoms with E-state index in [1.165, 1.54) is 0 Å². The summed E-state index contributed by atoms with van der Waals surface area (Å²) in [5.74, 6) is -6.72. The maximum atomic E-state index is 13.3. The number of halogens is 8. The zero-order valence-corrected chi connectivity index (χ0v) is 11.0. The lowest BCUT2D eigenvalue weighted by atomic mass is 10.1. The summed E-state index contributed by atoms with van der Waals surface area (Å²) in [5, 5.41) is 0. The topological polar surface area (TPSA) is 0 Å². The van der Waals surface area contributed by atoms with Crippen molar-refractivity contribution in [2.24, 2.45) is 0 Å². The largest absolute Gasteiger partial charge is 0.323 e. The second-order valence-electron chi connectivity index (χ2n) is 3.13. The van der Waals surface area contributed by atoms with Gasteiger partial charge >= 0.3 is 12.3 Å². The zero-order chi connectivity index (χ0) is 13.4. The summed E-state index contributed by atoms with van der Waals surface area (Å²) in [5.41, 5.74) is -0.865. The van der Waals surface area contributed by atoms with Crippen LogP contribution >= 0.6 is 31.9 Å². The predicted molar refractivity (Wildman–Crippen MR) is 56.7 cm³/mol. The maximum Gasteiger partial charge on any atom is 0.323 e. The van der Waals surface area contributed by atoms with Gasteiger partial charge in [0.15, 0.2) is 0 Å². The molecule has 17 heavy (non-hydrogen) atoms. The monoisotopic (exact) mass is 384 g/mol. The van der Waals surface area contributed by atoms with Crippen LogP contribution in [0.3, 0.4) is 0 Å². The first-order chi connectivity index (χ1) is 7.67. The lowest BCUT2D eigenvalue weighted by molar-refractivity contribution is -0.128. The molecule has 0 nitrogen and oxygen atoms in total. The van der Waals surface area contributed by atoms with Gasteiger partial charge in [-0.1, -0.05) is 15.9 Å². The van der Waals surface area contributed by atoms with E-state index in [-0.39, 0.29) is 4.47 Å². The normalized spacial score (nSPS) is 14.2. The highest BCUT2D eigenvalue weighted by Crippen LogP contribution is 2.44. The van der Waals surface area contributed by atoms with Gasteiger partial charge in [-0.2, -0.15) is 8.78 Å². The van der Waals surface area contributed by atoms with Gasteiger partial charge in [-0.15, -0.1) is 0 Å². The number of hydrogen-bond donors (Lipinski definition) is 0. The number of rotatable bonds is 3. The van der Waals surface area contributed by atoms with Crippen LogP contribution < -0.4 is 0 Å². The van der Waals surface area contributed by atoms with E-state index in [1.807, 2.05) is 0 Å². The third-order valence-electron chi connectivity index (χ3n) is 1.94. The Balaban J connectivity index is 3.21. The molecular weight excluding hydrogens is 382 g/mol. The molecule has 0 radical (unpaired) electrons. The minimum atomic E-state index is -4.50. The average Bonchev–Trinajstić information content (AvgIpc) is 2.22. The molecule has 1 aromatic rings. The highest BCUT2D eigenvalue weighted by Gasteiger charge is 2.49. The third kappa shape index (κ3) is 2.96. The van der Waals surface area contributed by atoms with Crippen molar-refractivity contribution in [3.8, 4) is 0 Å². The number of hydrogen-bond acceptors (Lipinski definition) is 0. The molecule has 0 aliphatic rings. The van der Waals surface area contributed by atoms with Crippen molar-refractivity contribution in [3.63, 3.8) is 0 Å². The molecule has 0 saturated heterocycles. The van der Waals surface area contributed by atoms with Crippen molar-refractivity contribution < 1.29 is 26.3 Å². The molecule has 96 valence electrons. The molecule has 0 aliphatic carbocycles. The van der Waals surface area contributed by atoms with Crippen LogP contribution in [0, 0.1) is 11.6 Å². The maximum absolute atomic E-state index is 13.3. The van der Waals surface area contributed by atoms with Crippen LogP contribution in [0.5, 0.6) is 0 Å². The first-order valence-electron chi connectivity index (χ1n) is 4.12. The van der Waals surface area contributed by atoms with Gasteiger partial charge in [-0.25, -0.2) is 17.6 Å². The SMILES string of the molecule is Fc1cc(C(Br)C(F)(F)C(F)F)c(F)cc1Br. The molecule has 0 amide bonds. The Morgan fingerprint density at radius 3 is 2.06 bits per heavy atom. The van der Waals surface area contributed by atoms with Gasteiger partial charge in [0.25, 0.3) is 0 Å². The van der Waals surface area contributed by atoms with E-state index in [1.54, 1.807) is 0 Å². The van der Waals surface area contributed by atoms with E-state index in [9.17, 15) is 26.3 Å². The van der Waals surface area contributed by atoms with E-state index in [0.717, 1.165) is 0 Å². The lowest BCUT2D eigenvalue weighted by Gasteiger charge is -2.22. The quantitative estimate of drug-likeness (QED) is 0.387. The Morgan fingerprint density at radius 2 is 1.59 bits per heavy atom. The summed E-state index contributed by atoms with van der Waals surface area (Å²) in [6, 6.07) is 1.04. The standard InChI is InChI=1S/C9H4Br2F6/c10-4-2-5(12)3(1-6(4)13)7(11)9(16,17)8(14)15/h1-2,7-8H. The molecule has 1 aromatic carbocycles. The fourth-order valence-corrected chi connectivity index (χ4v) is 1.92. The minimum Gasteiger partial charge on any atom is -0.207 e. The van der Waals surface area contributed by atoms with Crippen molar-refractivity contribution in [2.45, 2.75) is 17.2 Å². The van der Waals surface area contributed by atoms with E-state index >= 15 is 0 Å². The van der Waals surface area contributed by atoms with Crippen LogP contribution in [-0.4, -0.2) is 12.3 Å². The minimum absolute atomic E-state index is 0.279. The molecule has 0 bridgehead atoms. The van der Waals surface area contributed by atoms with Crippen molar-refractivity contribution in [1.29, 1.82) is 0 Å². The Hall–Kier alpha value is -0.240. The summed E-state index contributed by atoms with van der Waals surface area (Å²) in [6.45, 7) is 0. The molecule has 0 aromatic heterocycles. The molecule has 0 fully saturated rings. The molecule has 8 heteroatoms. The van der Waals surface area contributed by atoms with E-state index in [0.29, 0.717) is 12.1 Å². The van der Waals surface area contributed by atoms with Crippen LogP contribution in [0.1, 0.15) is 10.4 Å². The summed E-state index contributed by atoms with van der Waals surface area (Å²) < 4.78 is 76.0. The molecule has 1 unspecified atom stereocenters. The Bertz CT molecular complexity index is 420. The van der Waals surface area contributed by atoms with Crippen molar-refractivity contribution >= 4 is 31.9 Å². The number of benzene rings is 1. The molecular formula is C9H4Br2F6. The summed E-state index contributed by atoms with van der Waals surface area (Å²) >= 11 is 4.91. The Morgan fingerprint density at radius 1 is 1.06 bits per heavy atom. The van der Waals surface area contributed by atoms with Gasteiger partial charge in [0.2, 0.25) is 0 Å². The van der Waals surface area contributed by atoms with E-state index < -0.39 is 34.4 Å². The first-order valence-corrected chi connectivity index (χ1v) is 5.83. The van der Waals surface area contributed by atoms with Gasteiger partial charge in [0.05, 0.1) is 4.47 Å². The molecule has 0 saturated carbocycles. The van der Waals surface area contributed by atoms with Gasteiger partial charge in [-0.05, 0) is 28.1 Å². The average molecular weight is 386 g/mol. The molecule has 0 heterocycles. The van der Waals surface area contributed by atoms with Crippen LogP contribution in [0.25, 0.3) is 0 Å². The summed E-state index contributed by atoms with van der Waals surface area (Å²) in [4.78, 5) is -2.31. The first kappa shape index (κ1) is 14.8. The Labute approximate surface area is 109 Å². The lowest BCUT2D eigenvalue weighted by Crippen LogP contribution is -2.31. The fourth-order valence-electron chi connectivity index (χ4n) is 1.05. The van der Waals surface area contributed by atoms with Gasteiger partial charge < -0.3 is 0 Å². The highest BCUT2D eigenvalue weighted by molar-refractivity contribution is 9.10. The zero-order valence-electron chi connectivity index (χ0n) is 7.83. The summed E-state index contributed by atoms with van der Waals surface area (Å²) in [6.07, 6.45) is -3.99. The third-order valence-corrected chi connectivity index (χ3v) is 3.65. The summed E-state index contributed by atoms with van der Waals surface area (Å²) in [7, 11) is 0. The van der Waals surface area contributed by atoms with Crippen LogP contribution in [0.2, 0.25) is 0 Å². The molecule has 0 spiro atoms. The van der Waals surface area contributed by atoms with Gasteiger partial charge in [-0.3, -0.25) is 0 Å². The van der Waals surface area contributed by atoms with Crippen LogP contribution in [-0.2, 0) is 0 Å². The second kappa shape index (κ2) is 5.17. The van der Waals surface area contributed by atoms with Crippen molar-refractivity contribution in [2.75, 3.05) is 0 Å². The fraction of sp³-hybridized carbons (Fsp3) is 0.333. The van der Waals surface area contributed by atoms with Crippen molar-refractivity contribution in [3.05, 3.63) is 33.8 Å². The van der Waals surface area contributed by atoms with Crippen LogP contribution in [0.4, 0.5) is 26.3 Å². The highest BCUT2D eigenvalue weighted by atomic mass is 79.9. The van der Waals surface area contributed by atoms with Crippen molar-refractivity contribution in [1.82, 2.24) is 0 Å². The molecule has 1 rings (SSSR count).